The summed E-state index contributed by atoms with van der Waals surface area (Å²) >= 11 is 0. The maximum Gasteiger partial charge on any atom is 0.312 e. The van der Waals surface area contributed by atoms with Crippen LogP contribution >= 0.6 is 0 Å². The zero-order valence-corrected chi connectivity index (χ0v) is 20.6. The van der Waals surface area contributed by atoms with E-state index in [9.17, 15) is 14.7 Å². The molecule has 5 rings (SSSR count). The Morgan fingerprint density at radius 2 is 1.71 bits per heavy atom. The lowest BCUT2D eigenvalue weighted by molar-refractivity contribution is -0.156. The van der Waals surface area contributed by atoms with Crippen LogP contribution < -0.4 is 10.1 Å². The van der Waals surface area contributed by atoms with Gasteiger partial charge in [0.2, 0.25) is 5.91 Å². The molecule has 2 N–H and O–H groups in total. The molecule has 1 heterocycles. The first-order valence-electron chi connectivity index (χ1n) is 12.7. The molecule has 3 aliphatic rings. The zero-order chi connectivity index (χ0) is 24.7. The Kier molecular flexibility index (Phi) is 6.12. The minimum atomic E-state index is -0.908. The number of carboxylic acid groups (broad SMARTS) is 1. The molecule has 0 radical (unpaired) electrons. The normalized spacial score (nSPS) is 28.4. The molecule has 0 aromatic heterocycles. The van der Waals surface area contributed by atoms with Crippen LogP contribution in [0.25, 0.3) is 0 Å². The Balaban J connectivity index is 1.36. The third-order valence-electron chi connectivity index (χ3n) is 9.30. The summed E-state index contributed by atoms with van der Waals surface area (Å²) in [4.78, 5) is 26.5. The fourth-order valence-corrected chi connectivity index (χ4v) is 6.96. The molecule has 2 aliphatic carbocycles. The SMILES string of the molecule is CC1(C)C2CCC1(C(=O)O)C(NC(=O)C1(c3ccc(OCc4ccccc4)cc3)CCOCC1)C2. The van der Waals surface area contributed by atoms with E-state index >= 15 is 0 Å². The van der Waals surface area contributed by atoms with Crippen LogP contribution in [0.3, 0.4) is 0 Å². The summed E-state index contributed by atoms with van der Waals surface area (Å²) in [6.45, 7) is 5.60. The molecular weight excluding hydrogens is 442 g/mol. The first-order chi connectivity index (χ1) is 16.8. The molecule has 35 heavy (non-hydrogen) atoms. The van der Waals surface area contributed by atoms with Gasteiger partial charge in [-0.1, -0.05) is 56.3 Å². The number of carbonyl (C=O) groups excluding carboxylic acids is 1. The summed E-state index contributed by atoms with van der Waals surface area (Å²) in [5.74, 6) is 0.206. The predicted molar refractivity (Wildman–Crippen MR) is 132 cm³/mol. The molecule has 2 aromatic carbocycles. The average Bonchev–Trinajstić information content (AvgIpc) is 3.26. The van der Waals surface area contributed by atoms with E-state index in [0.29, 0.717) is 45.0 Å². The highest BCUT2D eigenvalue weighted by Gasteiger charge is 2.69. The quantitative estimate of drug-likeness (QED) is 0.603. The van der Waals surface area contributed by atoms with Crippen molar-refractivity contribution in [2.45, 2.75) is 64.0 Å². The molecule has 2 aromatic rings. The van der Waals surface area contributed by atoms with E-state index in [1.807, 2.05) is 54.6 Å². The van der Waals surface area contributed by atoms with Crippen molar-refractivity contribution in [3.63, 3.8) is 0 Å². The summed E-state index contributed by atoms with van der Waals surface area (Å²) < 4.78 is 11.6. The zero-order valence-electron chi connectivity index (χ0n) is 20.6. The second-order valence-corrected chi connectivity index (χ2v) is 11.0. The van der Waals surface area contributed by atoms with Crippen LogP contribution in [0, 0.1) is 16.7 Å². The first kappa shape index (κ1) is 23.9. The molecule has 3 fully saturated rings. The Hall–Kier alpha value is -2.86. The predicted octanol–water partition coefficient (Wildman–Crippen LogP) is 4.71. The number of fused-ring (bicyclic) bond motifs is 2. The second kappa shape index (κ2) is 8.98. The van der Waals surface area contributed by atoms with Crippen molar-refractivity contribution in [3.05, 3.63) is 65.7 Å². The highest BCUT2D eigenvalue weighted by atomic mass is 16.5. The molecule has 2 bridgehead atoms. The lowest BCUT2D eigenvalue weighted by Gasteiger charge is -2.42. The maximum absolute atomic E-state index is 13.9. The van der Waals surface area contributed by atoms with E-state index in [2.05, 4.69) is 19.2 Å². The smallest absolute Gasteiger partial charge is 0.312 e. The van der Waals surface area contributed by atoms with Gasteiger partial charge in [0.1, 0.15) is 12.4 Å². The Bertz CT molecular complexity index is 1070. The van der Waals surface area contributed by atoms with Crippen LogP contribution in [0.5, 0.6) is 5.75 Å². The van der Waals surface area contributed by atoms with E-state index in [0.717, 1.165) is 29.7 Å². The molecular formula is C29H35NO5. The number of hydrogen-bond donors (Lipinski definition) is 2. The highest BCUT2D eigenvalue weighted by molar-refractivity contribution is 5.90. The third kappa shape index (κ3) is 3.83. The number of ether oxygens (including phenoxy) is 2. The fourth-order valence-electron chi connectivity index (χ4n) is 6.96. The van der Waals surface area contributed by atoms with Gasteiger partial charge in [-0.15, -0.1) is 0 Å². The summed E-state index contributed by atoms with van der Waals surface area (Å²) in [6.07, 6.45) is 3.40. The number of hydrogen-bond acceptors (Lipinski definition) is 4. The molecule has 1 saturated heterocycles. The van der Waals surface area contributed by atoms with Crippen molar-refractivity contribution in [1.82, 2.24) is 5.32 Å². The van der Waals surface area contributed by atoms with Gasteiger partial charge in [-0.05, 0) is 66.7 Å². The average molecular weight is 478 g/mol. The van der Waals surface area contributed by atoms with Crippen LogP contribution in [0.1, 0.15) is 57.1 Å². The van der Waals surface area contributed by atoms with E-state index in [1.165, 1.54) is 0 Å². The number of nitrogens with one attached hydrogen (secondary N) is 1. The number of benzene rings is 2. The van der Waals surface area contributed by atoms with Gasteiger partial charge in [0, 0.05) is 19.3 Å². The molecule has 0 spiro atoms. The first-order valence-corrected chi connectivity index (χ1v) is 12.7. The standard InChI is InChI=1S/C29H35NO5/c1-27(2)22-12-13-29(27,26(32)33)24(18-22)30-25(31)28(14-16-34-17-15-28)21-8-10-23(11-9-21)35-19-20-6-4-3-5-7-20/h3-11,22,24H,12-19H2,1-2H3,(H,30,31)(H,32,33). The van der Waals surface area contributed by atoms with Crippen molar-refractivity contribution in [1.29, 1.82) is 0 Å². The van der Waals surface area contributed by atoms with E-state index in [1.54, 1.807) is 0 Å². The largest absolute Gasteiger partial charge is 0.489 e. The lowest BCUT2D eigenvalue weighted by atomic mass is 9.67. The van der Waals surface area contributed by atoms with Crippen LogP contribution in [0.4, 0.5) is 0 Å². The maximum atomic E-state index is 13.9. The van der Waals surface area contributed by atoms with Gasteiger partial charge in [-0.2, -0.15) is 0 Å². The highest BCUT2D eigenvalue weighted by Crippen LogP contribution is 2.65. The molecule has 6 heteroatoms. The molecule has 1 amide bonds. The summed E-state index contributed by atoms with van der Waals surface area (Å²) in [5.41, 5.74) is 0.0452. The molecule has 6 nitrogen and oxygen atoms in total. The number of amides is 1. The van der Waals surface area contributed by atoms with Gasteiger partial charge in [0.25, 0.3) is 0 Å². The van der Waals surface area contributed by atoms with Crippen molar-refractivity contribution in [2.75, 3.05) is 13.2 Å². The molecule has 186 valence electrons. The van der Waals surface area contributed by atoms with Crippen LogP contribution in [-0.4, -0.2) is 36.2 Å². The van der Waals surface area contributed by atoms with E-state index in [4.69, 9.17) is 9.47 Å². The van der Waals surface area contributed by atoms with Gasteiger partial charge >= 0.3 is 5.97 Å². The molecule has 1 aliphatic heterocycles. The topological polar surface area (TPSA) is 84.9 Å². The third-order valence-corrected chi connectivity index (χ3v) is 9.30. The fraction of sp³-hybridized carbons (Fsp3) is 0.517. The Morgan fingerprint density at radius 1 is 1.03 bits per heavy atom. The van der Waals surface area contributed by atoms with Gasteiger partial charge in [0.05, 0.1) is 10.8 Å². The summed E-state index contributed by atoms with van der Waals surface area (Å²) in [6, 6.07) is 17.4. The van der Waals surface area contributed by atoms with E-state index in [-0.39, 0.29) is 17.4 Å². The van der Waals surface area contributed by atoms with Crippen molar-refractivity contribution in [2.24, 2.45) is 16.7 Å². The second-order valence-electron chi connectivity index (χ2n) is 11.0. The lowest BCUT2D eigenvalue weighted by Crippen LogP contribution is -2.57. The van der Waals surface area contributed by atoms with Crippen LogP contribution in [0.15, 0.2) is 54.6 Å². The van der Waals surface area contributed by atoms with Crippen molar-refractivity contribution in [3.8, 4) is 5.75 Å². The van der Waals surface area contributed by atoms with E-state index < -0.39 is 16.8 Å². The number of aliphatic carboxylic acids is 1. The van der Waals surface area contributed by atoms with Crippen molar-refractivity contribution < 1.29 is 24.2 Å². The van der Waals surface area contributed by atoms with Gasteiger partial charge < -0.3 is 19.9 Å². The minimum absolute atomic E-state index is 0.0762. The summed E-state index contributed by atoms with van der Waals surface area (Å²) in [5, 5.41) is 13.5. The van der Waals surface area contributed by atoms with Gasteiger partial charge in [-0.25, -0.2) is 0 Å². The number of carboxylic acids is 1. The molecule has 3 atom stereocenters. The van der Waals surface area contributed by atoms with Crippen LogP contribution in [-0.2, 0) is 26.3 Å². The Morgan fingerprint density at radius 3 is 2.34 bits per heavy atom. The number of rotatable bonds is 7. The van der Waals surface area contributed by atoms with Crippen molar-refractivity contribution >= 4 is 11.9 Å². The minimum Gasteiger partial charge on any atom is -0.489 e. The summed E-state index contributed by atoms with van der Waals surface area (Å²) in [7, 11) is 0. The van der Waals surface area contributed by atoms with Gasteiger partial charge in [0.15, 0.2) is 0 Å². The molecule has 3 unspecified atom stereocenters. The monoisotopic (exact) mass is 477 g/mol. The number of carbonyl (C=O) groups is 2. The Labute approximate surface area is 207 Å². The van der Waals surface area contributed by atoms with Crippen LogP contribution in [0.2, 0.25) is 0 Å². The van der Waals surface area contributed by atoms with Gasteiger partial charge in [-0.3, -0.25) is 9.59 Å². The molecule has 2 saturated carbocycles.